The van der Waals surface area contributed by atoms with Crippen molar-refractivity contribution >= 4 is 6.08 Å². The summed E-state index contributed by atoms with van der Waals surface area (Å²) in [6, 6.07) is 9.98. The van der Waals surface area contributed by atoms with Crippen molar-refractivity contribution in [1.82, 2.24) is 0 Å². The van der Waals surface area contributed by atoms with Gasteiger partial charge in [0.2, 0.25) is 0 Å². The second kappa shape index (κ2) is 3.21. The number of hydrogen-bond donors (Lipinski definition) is 1. The molecule has 2 rings (SSSR count). The Kier molecular flexibility index (Phi) is 2.05. The summed E-state index contributed by atoms with van der Waals surface area (Å²) in [7, 11) is 0. The summed E-state index contributed by atoms with van der Waals surface area (Å²) in [5.41, 5.74) is 3.58. The maximum atomic E-state index is 9.47. The fraction of sp³-hybridized carbons (Fsp3) is 0.250. The van der Waals surface area contributed by atoms with E-state index in [0.717, 1.165) is 18.4 Å². The van der Waals surface area contributed by atoms with E-state index in [1.54, 1.807) is 6.08 Å². The van der Waals surface area contributed by atoms with Crippen LogP contribution in [0.4, 0.5) is 0 Å². The summed E-state index contributed by atoms with van der Waals surface area (Å²) >= 11 is 0. The molecule has 0 radical (unpaired) electrons. The van der Waals surface area contributed by atoms with E-state index in [-0.39, 0.29) is 0 Å². The summed E-state index contributed by atoms with van der Waals surface area (Å²) in [5, 5.41) is 9.47. The SMILES string of the molecule is OC1(C=C=Cc2ccccc2)CC1. The van der Waals surface area contributed by atoms with Gasteiger partial charge < -0.3 is 5.11 Å². The second-order valence-corrected chi connectivity index (χ2v) is 3.47. The fourth-order valence-corrected chi connectivity index (χ4v) is 1.11. The number of rotatable bonds is 2. The zero-order valence-electron chi connectivity index (χ0n) is 7.40. The summed E-state index contributed by atoms with van der Waals surface area (Å²) in [4.78, 5) is 0. The van der Waals surface area contributed by atoms with Gasteiger partial charge in [-0.15, -0.1) is 5.73 Å². The van der Waals surface area contributed by atoms with Crippen LogP contribution in [0.5, 0.6) is 0 Å². The van der Waals surface area contributed by atoms with Gasteiger partial charge in [0.25, 0.3) is 0 Å². The lowest BCUT2D eigenvalue weighted by Crippen LogP contribution is -1.98. The molecular formula is C12H12O. The molecule has 0 saturated heterocycles. The summed E-state index contributed by atoms with van der Waals surface area (Å²) in [5.74, 6) is 0. The molecule has 0 atom stereocenters. The molecule has 0 bridgehead atoms. The van der Waals surface area contributed by atoms with Crippen molar-refractivity contribution in [3.63, 3.8) is 0 Å². The maximum Gasteiger partial charge on any atom is 0.0903 e. The molecule has 0 unspecified atom stereocenters. The maximum absolute atomic E-state index is 9.47. The Morgan fingerprint density at radius 1 is 1.23 bits per heavy atom. The van der Waals surface area contributed by atoms with Crippen molar-refractivity contribution in [3.8, 4) is 0 Å². The van der Waals surface area contributed by atoms with Crippen LogP contribution in [0.2, 0.25) is 0 Å². The lowest BCUT2D eigenvalue weighted by molar-refractivity contribution is 0.202. The third kappa shape index (κ3) is 2.32. The minimum atomic E-state index is -0.536. The molecule has 1 nitrogen and oxygen atoms in total. The third-order valence-electron chi connectivity index (χ3n) is 2.16. The predicted molar refractivity (Wildman–Crippen MR) is 53.2 cm³/mol. The quantitative estimate of drug-likeness (QED) is 0.679. The molecule has 1 aromatic rings. The van der Waals surface area contributed by atoms with Gasteiger partial charge in [-0.05, 0) is 30.6 Å². The van der Waals surface area contributed by atoms with Crippen molar-refractivity contribution in [1.29, 1.82) is 0 Å². The number of hydrogen-bond acceptors (Lipinski definition) is 1. The van der Waals surface area contributed by atoms with Crippen molar-refractivity contribution < 1.29 is 5.11 Å². The first-order valence-electron chi connectivity index (χ1n) is 4.50. The molecule has 1 fully saturated rings. The molecular weight excluding hydrogens is 160 g/mol. The standard InChI is InChI=1S/C12H12O/c13-12(9-10-12)8-4-7-11-5-2-1-3-6-11/h1-3,5-8,13H,9-10H2. The highest BCUT2D eigenvalue weighted by Gasteiger charge is 2.37. The Morgan fingerprint density at radius 2 is 1.92 bits per heavy atom. The van der Waals surface area contributed by atoms with E-state index in [0.29, 0.717) is 0 Å². The number of aliphatic hydroxyl groups is 1. The first-order chi connectivity index (χ1) is 6.29. The van der Waals surface area contributed by atoms with Gasteiger partial charge in [0, 0.05) is 0 Å². The molecule has 1 aliphatic carbocycles. The van der Waals surface area contributed by atoms with Gasteiger partial charge in [-0.25, -0.2) is 0 Å². The van der Waals surface area contributed by atoms with Crippen LogP contribution in [-0.2, 0) is 0 Å². The summed E-state index contributed by atoms with van der Waals surface area (Å²) in [6.45, 7) is 0. The molecule has 0 heterocycles. The fourth-order valence-electron chi connectivity index (χ4n) is 1.11. The van der Waals surface area contributed by atoms with Crippen LogP contribution in [0.3, 0.4) is 0 Å². The average Bonchev–Trinajstić information content (AvgIpc) is 2.86. The van der Waals surface area contributed by atoms with E-state index in [2.05, 4.69) is 5.73 Å². The van der Waals surface area contributed by atoms with Crippen LogP contribution in [0, 0.1) is 0 Å². The predicted octanol–water partition coefficient (Wildman–Crippen LogP) is 2.38. The molecule has 1 N–H and O–H groups in total. The van der Waals surface area contributed by atoms with Crippen LogP contribution in [-0.4, -0.2) is 10.7 Å². The minimum absolute atomic E-state index is 0.536. The van der Waals surface area contributed by atoms with Gasteiger partial charge in [0.1, 0.15) is 0 Å². The molecule has 1 aromatic carbocycles. The van der Waals surface area contributed by atoms with Gasteiger partial charge in [-0.1, -0.05) is 30.3 Å². The zero-order chi connectivity index (χ0) is 9.15. The van der Waals surface area contributed by atoms with E-state index >= 15 is 0 Å². The molecule has 1 saturated carbocycles. The van der Waals surface area contributed by atoms with Crippen LogP contribution < -0.4 is 0 Å². The van der Waals surface area contributed by atoms with E-state index in [9.17, 15) is 5.11 Å². The normalized spacial score (nSPS) is 17.3. The highest BCUT2D eigenvalue weighted by molar-refractivity contribution is 5.48. The van der Waals surface area contributed by atoms with E-state index in [1.165, 1.54) is 0 Å². The molecule has 0 aromatic heterocycles. The van der Waals surface area contributed by atoms with Gasteiger partial charge in [-0.2, -0.15) is 0 Å². The van der Waals surface area contributed by atoms with Gasteiger partial charge in [0.05, 0.1) is 5.60 Å². The van der Waals surface area contributed by atoms with Crippen molar-refractivity contribution in [3.05, 3.63) is 47.7 Å². The summed E-state index contributed by atoms with van der Waals surface area (Å²) in [6.07, 6.45) is 5.39. The average molecular weight is 172 g/mol. The smallest absolute Gasteiger partial charge is 0.0903 e. The molecule has 13 heavy (non-hydrogen) atoms. The first-order valence-corrected chi connectivity index (χ1v) is 4.50. The topological polar surface area (TPSA) is 20.2 Å². The minimum Gasteiger partial charge on any atom is -0.385 e. The molecule has 66 valence electrons. The van der Waals surface area contributed by atoms with E-state index in [1.807, 2.05) is 36.4 Å². The lowest BCUT2D eigenvalue weighted by atomic mass is 10.2. The Hall–Kier alpha value is -1.30. The largest absolute Gasteiger partial charge is 0.385 e. The second-order valence-electron chi connectivity index (χ2n) is 3.47. The van der Waals surface area contributed by atoms with Crippen molar-refractivity contribution in [2.24, 2.45) is 0 Å². The Morgan fingerprint density at radius 3 is 2.54 bits per heavy atom. The Bertz CT molecular complexity index is 341. The van der Waals surface area contributed by atoms with Gasteiger partial charge in [0.15, 0.2) is 0 Å². The Balaban J connectivity index is 2.09. The van der Waals surface area contributed by atoms with Crippen LogP contribution in [0.25, 0.3) is 6.08 Å². The van der Waals surface area contributed by atoms with Gasteiger partial charge >= 0.3 is 0 Å². The lowest BCUT2D eigenvalue weighted by Gasteiger charge is -1.92. The van der Waals surface area contributed by atoms with Crippen molar-refractivity contribution in [2.75, 3.05) is 0 Å². The number of benzene rings is 1. The van der Waals surface area contributed by atoms with Crippen LogP contribution >= 0.6 is 0 Å². The zero-order valence-corrected chi connectivity index (χ0v) is 7.40. The molecule has 1 aliphatic rings. The molecule has 1 heteroatoms. The highest BCUT2D eigenvalue weighted by Crippen LogP contribution is 2.35. The third-order valence-corrected chi connectivity index (χ3v) is 2.16. The van der Waals surface area contributed by atoms with E-state index in [4.69, 9.17) is 0 Å². The molecule has 0 aliphatic heterocycles. The summed E-state index contributed by atoms with van der Waals surface area (Å²) < 4.78 is 0. The van der Waals surface area contributed by atoms with Crippen molar-refractivity contribution in [2.45, 2.75) is 18.4 Å². The molecule has 0 spiro atoms. The molecule has 0 amide bonds. The first kappa shape index (κ1) is 8.31. The van der Waals surface area contributed by atoms with E-state index < -0.39 is 5.60 Å². The van der Waals surface area contributed by atoms with Crippen LogP contribution in [0.15, 0.2) is 42.1 Å². The monoisotopic (exact) mass is 172 g/mol. The van der Waals surface area contributed by atoms with Gasteiger partial charge in [-0.3, -0.25) is 0 Å². The highest BCUT2D eigenvalue weighted by atomic mass is 16.3. The van der Waals surface area contributed by atoms with Crippen LogP contribution in [0.1, 0.15) is 18.4 Å². The Labute approximate surface area is 78.0 Å².